The number of hydrogen-bond acceptors (Lipinski definition) is 3. The van der Waals surface area contributed by atoms with E-state index in [4.69, 9.17) is 5.11 Å². The molecule has 0 aromatic rings. The van der Waals surface area contributed by atoms with Gasteiger partial charge in [0.05, 0.1) is 11.8 Å². The molecule has 2 N–H and O–H groups in total. The molecule has 0 bridgehead atoms. The second-order valence-electron chi connectivity index (χ2n) is 6.48. The highest BCUT2D eigenvalue weighted by Gasteiger charge is 2.33. The first-order chi connectivity index (χ1) is 10.5. The van der Waals surface area contributed by atoms with Gasteiger partial charge in [-0.05, 0) is 38.5 Å². The normalized spacial score (nSPS) is 28.4. The monoisotopic (exact) mass is 310 g/mol. The van der Waals surface area contributed by atoms with Crippen molar-refractivity contribution >= 4 is 17.8 Å². The number of amides is 2. The first kappa shape index (κ1) is 16.8. The van der Waals surface area contributed by atoms with E-state index in [2.05, 4.69) is 5.32 Å². The van der Waals surface area contributed by atoms with Gasteiger partial charge in [-0.1, -0.05) is 6.92 Å². The van der Waals surface area contributed by atoms with Crippen LogP contribution < -0.4 is 5.32 Å². The molecule has 6 heteroatoms. The lowest BCUT2D eigenvalue weighted by atomic mass is 9.96. The average molecular weight is 310 g/mol. The number of aliphatic carboxylic acids is 1. The van der Waals surface area contributed by atoms with Crippen molar-refractivity contribution in [2.45, 2.75) is 57.9 Å². The molecule has 22 heavy (non-hydrogen) atoms. The summed E-state index contributed by atoms with van der Waals surface area (Å²) in [5.41, 5.74) is 0. The third kappa shape index (κ3) is 4.21. The number of hydrogen-bond donors (Lipinski definition) is 2. The molecular weight excluding hydrogens is 284 g/mol. The highest BCUT2D eigenvalue weighted by molar-refractivity contribution is 5.81. The zero-order valence-electron chi connectivity index (χ0n) is 13.2. The smallest absolute Gasteiger partial charge is 0.306 e. The largest absolute Gasteiger partial charge is 0.481 e. The Morgan fingerprint density at radius 1 is 1.18 bits per heavy atom. The van der Waals surface area contributed by atoms with E-state index >= 15 is 0 Å². The summed E-state index contributed by atoms with van der Waals surface area (Å²) < 4.78 is 0. The number of likely N-dealkylation sites (tertiary alicyclic amines) is 1. The first-order valence-corrected chi connectivity index (χ1v) is 8.32. The molecular formula is C16H26N2O4. The standard InChI is InChI=1S/C16H26N2O4/c1-2-4-14(19)18-8-3-5-12(10-18)15(20)17-13-7-6-11(9-13)16(21)22/h11-13H,2-10H2,1H3,(H,17,20)(H,21,22)/t11-,12?,13+/m1/s1. The quantitative estimate of drug-likeness (QED) is 0.803. The van der Waals surface area contributed by atoms with Crippen molar-refractivity contribution in [3.63, 3.8) is 0 Å². The van der Waals surface area contributed by atoms with Crippen molar-refractivity contribution in [1.29, 1.82) is 0 Å². The maximum absolute atomic E-state index is 12.4. The number of rotatable bonds is 5. The Balaban J connectivity index is 1.82. The minimum atomic E-state index is -0.772. The molecule has 1 heterocycles. The van der Waals surface area contributed by atoms with Crippen molar-refractivity contribution in [2.24, 2.45) is 11.8 Å². The summed E-state index contributed by atoms with van der Waals surface area (Å²) >= 11 is 0. The number of nitrogens with one attached hydrogen (secondary N) is 1. The van der Waals surface area contributed by atoms with Crippen LogP contribution in [0.1, 0.15) is 51.9 Å². The fourth-order valence-electron chi connectivity index (χ4n) is 3.45. The molecule has 0 aromatic carbocycles. The van der Waals surface area contributed by atoms with Crippen LogP contribution in [0.4, 0.5) is 0 Å². The molecule has 0 radical (unpaired) electrons. The zero-order valence-corrected chi connectivity index (χ0v) is 13.2. The Bertz CT molecular complexity index is 438. The van der Waals surface area contributed by atoms with Gasteiger partial charge in [-0.3, -0.25) is 14.4 Å². The maximum atomic E-state index is 12.4. The summed E-state index contributed by atoms with van der Waals surface area (Å²) in [4.78, 5) is 37.1. The molecule has 1 unspecified atom stereocenters. The maximum Gasteiger partial charge on any atom is 0.306 e. The molecule has 6 nitrogen and oxygen atoms in total. The number of carboxylic acid groups (broad SMARTS) is 1. The van der Waals surface area contributed by atoms with E-state index in [0.29, 0.717) is 25.8 Å². The van der Waals surface area contributed by atoms with Crippen molar-refractivity contribution in [2.75, 3.05) is 13.1 Å². The minimum absolute atomic E-state index is 0.0231. The molecule has 2 fully saturated rings. The van der Waals surface area contributed by atoms with Crippen LogP contribution in [0.5, 0.6) is 0 Å². The summed E-state index contributed by atoms with van der Waals surface area (Å²) in [5.74, 6) is -1.15. The van der Waals surface area contributed by atoms with E-state index in [1.54, 1.807) is 4.90 Å². The molecule has 1 saturated carbocycles. The van der Waals surface area contributed by atoms with E-state index in [1.807, 2.05) is 6.92 Å². The van der Waals surface area contributed by atoms with E-state index in [1.165, 1.54) is 0 Å². The number of nitrogens with zero attached hydrogens (tertiary/aromatic N) is 1. The Morgan fingerprint density at radius 3 is 2.59 bits per heavy atom. The lowest BCUT2D eigenvalue weighted by Gasteiger charge is -2.32. The van der Waals surface area contributed by atoms with E-state index in [-0.39, 0.29) is 29.7 Å². The van der Waals surface area contributed by atoms with Gasteiger partial charge in [-0.25, -0.2) is 0 Å². The van der Waals surface area contributed by atoms with E-state index in [0.717, 1.165) is 32.2 Å². The molecule has 0 aromatic heterocycles. The van der Waals surface area contributed by atoms with Crippen LogP contribution in [-0.4, -0.2) is 46.9 Å². The van der Waals surface area contributed by atoms with Crippen LogP contribution in [0.2, 0.25) is 0 Å². The number of carboxylic acids is 1. The van der Waals surface area contributed by atoms with E-state index in [9.17, 15) is 14.4 Å². The van der Waals surface area contributed by atoms with Crippen LogP contribution in [0.15, 0.2) is 0 Å². The van der Waals surface area contributed by atoms with Crippen LogP contribution in [0.3, 0.4) is 0 Å². The Hall–Kier alpha value is -1.59. The van der Waals surface area contributed by atoms with Gasteiger partial charge in [-0.15, -0.1) is 0 Å². The zero-order chi connectivity index (χ0) is 16.1. The summed E-state index contributed by atoms with van der Waals surface area (Å²) in [6.07, 6.45) is 4.90. The van der Waals surface area contributed by atoms with Gasteiger partial charge >= 0.3 is 5.97 Å². The van der Waals surface area contributed by atoms with Gasteiger partial charge in [0.2, 0.25) is 11.8 Å². The summed E-state index contributed by atoms with van der Waals surface area (Å²) in [6.45, 7) is 3.22. The highest BCUT2D eigenvalue weighted by atomic mass is 16.4. The molecule has 2 rings (SSSR count). The van der Waals surface area contributed by atoms with E-state index < -0.39 is 5.97 Å². The predicted molar refractivity (Wildman–Crippen MR) is 81.1 cm³/mol. The molecule has 0 spiro atoms. The van der Waals surface area contributed by atoms with Gasteiger partial charge in [0.1, 0.15) is 0 Å². The van der Waals surface area contributed by atoms with Gasteiger partial charge < -0.3 is 15.3 Å². The van der Waals surface area contributed by atoms with Crippen LogP contribution >= 0.6 is 0 Å². The van der Waals surface area contributed by atoms with Crippen molar-refractivity contribution in [3.05, 3.63) is 0 Å². The van der Waals surface area contributed by atoms with Gasteiger partial charge in [0.25, 0.3) is 0 Å². The second-order valence-corrected chi connectivity index (χ2v) is 6.48. The Labute approximate surface area is 131 Å². The van der Waals surface area contributed by atoms with Gasteiger partial charge in [0.15, 0.2) is 0 Å². The second kappa shape index (κ2) is 7.61. The number of carbonyl (C=O) groups is 3. The summed E-state index contributed by atoms with van der Waals surface area (Å²) in [5, 5.41) is 12.0. The topological polar surface area (TPSA) is 86.7 Å². The van der Waals surface area contributed by atoms with Crippen molar-refractivity contribution in [3.8, 4) is 0 Å². The molecule has 2 aliphatic rings. The fourth-order valence-corrected chi connectivity index (χ4v) is 3.45. The Kier molecular flexibility index (Phi) is 5.80. The lowest BCUT2D eigenvalue weighted by molar-refractivity contribution is -0.142. The van der Waals surface area contributed by atoms with Gasteiger partial charge in [-0.2, -0.15) is 0 Å². The fraction of sp³-hybridized carbons (Fsp3) is 0.812. The summed E-state index contributed by atoms with van der Waals surface area (Å²) in [6, 6.07) is -0.0321. The highest BCUT2D eigenvalue weighted by Crippen LogP contribution is 2.26. The molecule has 2 amide bonds. The molecule has 1 saturated heterocycles. The number of carbonyl (C=O) groups excluding carboxylic acids is 2. The minimum Gasteiger partial charge on any atom is -0.481 e. The number of piperidine rings is 1. The third-order valence-corrected chi connectivity index (χ3v) is 4.74. The van der Waals surface area contributed by atoms with Crippen LogP contribution in [-0.2, 0) is 14.4 Å². The predicted octanol–water partition coefficient (Wildman–Crippen LogP) is 1.39. The molecule has 124 valence electrons. The SMILES string of the molecule is CCCC(=O)N1CCCC(C(=O)N[C@H]2CC[C@@H](C(=O)O)C2)C1. The van der Waals surface area contributed by atoms with Crippen LogP contribution in [0.25, 0.3) is 0 Å². The first-order valence-electron chi connectivity index (χ1n) is 8.32. The molecule has 1 aliphatic heterocycles. The van der Waals surface area contributed by atoms with Crippen molar-refractivity contribution < 1.29 is 19.5 Å². The molecule has 3 atom stereocenters. The average Bonchev–Trinajstić information content (AvgIpc) is 2.96. The third-order valence-electron chi connectivity index (χ3n) is 4.74. The summed E-state index contributed by atoms with van der Waals surface area (Å²) in [7, 11) is 0. The van der Waals surface area contributed by atoms with Crippen molar-refractivity contribution in [1.82, 2.24) is 10.2 Å². The lowest BCUT2D eigenvalue weighted by Crippen LogP contribution is -2.47. The Morgan fingerprint density at radius 2 is 1.95 bits per heavy atom. The molecule has 1 aliphatic carbocycles. The van der Waals surface area contributed by atoms with Crippen LogP contribution in [0, 0.1) is 11.8 Å². The van der Waals surface area contributed by atoms with Gasteiger partial charge in [0, 0.05) is 25.6 Å².